The number of benzene rings is 8. The van der Waals surface area contributed by atoms with Crippen LogP contribution in [-0.2, 0) is 6.42 Å². The van der Waals surface area contributed by atoms with Crippen LogP contribution in [0.2, 0.25) is 0 Å². The van der Waals surface area contributed by atoms with E-state index in [2.05, 4.69) is 196 Å². The minimum absolute atomic E-state index is 1.03. The first-order valence-corrected chi connectivity index (χ1v) is 17.2. The second kappa shape index (κ2) is 12.9. The van der Waals surface area contributed by atoms with Gasteiger partial charge in [-0.1, -0.05) is 146 Å². The maximum Gasteiger partial charge on any atom is 0.0410 e. The smallest absolute Gasteiger partial charge is 0.0410 e. The standard InChI is InChI=1S/C48H39N/c1-4-34-12-11-17-42(30-34)49(3)41-26-22-36(23-27-41)40-25-29-44-46(32-40)48(38-15-9-6-10-16-38)43-28-24-39(35-20-18-33(2)19-21-35)31-45(43)47(44)37-13-7-5-8-14-37/h5-32H,4H2,1-3H3. The largest absolute Gasteiger partial charge is 0.345 e. The first-order chi connectivity index (χ1) is 24.1. The van der Waals surface area contributed by atoms with Gasteiger partial charge in [0.05, 0.1) is 0 Å². The summed E-state index contributed by atoms with van der Waals surface area (Å²) in [5, 5.41) is 5.05. The van der Waals surface area contributed by atoms with Crippen LogP contribution in [0.1, 0.15) is 18.1 Å². The normalized spacial score (nSPS) is 11.2. The van der Waals surface area contributed by atoms with Crippen LogP contribution in [0.5, 0.6) is 0 Å². The Hall–Kier alpha value is -5.92. The van der Waals surface area contributed by atoms with Crippen molar-refractivity contribution in [2.24, 2.45) is 0 Å². The Morgan fingerprint density at radius 1 is 0.388 bits per heavy atom. The number of hydrogen-bond donors (Lipinski definition) is 0. The summed E-state index contributed by atoms with van der Waals surface area (Å²) in [6.45, 7) is 4.35. The quantitative estimate of drug-likeness (QED) is 0.159. The number of aryl methyl sites for hydroxylation is 2. The van der Waals surface area contributed by atoms with E-state index in [1.165, 1.54) is 88.6 Å². The average molecular weight is 630 g/mol. The van der Waals surface area contributed by atoms with Crippen LogP contribution in [0.3, 0.4) is 0 Å². The molecule has 49 heavy (non-hydrogen) atoms. The van der Waals surface area contributed by atoms with Crippen molar-refractivity contribution >= 4 is 32.9 Å². The molecule has 8 aromatic rings. The topological polar surface area (TPSA) is 3.24 Å². The van der Waals surface area contributed by atoms with Gasteiger partial charge in [-0.25, -0.2) is 0 Å². The van der Waals surface area contributed by atoms with E-state index >= 15 is 0 Å². The molecule has 8 rings (SSSR count). The molecule has 0 radical (unpaired) electrons. The summed E-state index contributed by atoms with van der Waals surface area (Å²) in [4.78, 5) is 2.26. The first kappa shape index (κ1) is 30.4. The molecule has 0 atom stereocenters. The summed E-state index contributed by atoms with van der Waals surface area (Å²) in [6.07, 6.45) is 1.03. The Morgan fingerprint density at radius 3 is 1.39 bits per heavy atom. The van der Waals surface area contributed by atoms with Gasteiger partial charge in [0.15, 0.2) is 0 Å². The van der Waals surface area contributed by atoms with Crippen LogP contribution in [0.25, 0.3) is 66.1 Å². The Labute approximate surface area is 289 Å². The summed E-state index contributed by atoms with van der Waals surface area (Å²) in [5.41, 5.74) is 14.9. The number of nitrogens with zero attached hydrogens (tertiary/aromatic N) is 1. The molecule has 0 unspecified atom stereocenters. The van der Waals surface area contributed by atoms with Crippen LogP contribution in [0.15, 0.2) is 170 Å². The molecule has 0 heterocycles. The molecule has 0 aliphatic heterocycles. The highest BCUT2D eigenvalue weighted by atomic mass is 15.1. The van der Waals surface area contributed by atoms with E-state index in [0.29, 0.717) is 0 Å². The summed E-state index contributed by atoms with van der Waals surface area (Å²) in [6, 6.07) is 62.5. The highest BCUT2D eigenvalue weighted by Gasteiger charge is 2.18. The number of fused-ring (bicyclic) bond motifs is 2. The van der Waals surface area contributed by atoms with Crippen molar-refractivity contribution < 1.29 is 0 Å². The van der Waals surface area contributed by atoms with E-state index in [-0.39, 0.29) is 0 Å². The Morgan fingerprint density at radius 2 is 0.878 bits per heavy atom. The molecule has 0 spiro atoms. The number of rotatable bonds is 7. The first-order valence-electron chi connectivity index (χ1n) is 17.2. The van der Waals surface area contributed by atoms with E-state index in [0.717, 1.165) is 6.42 Å². The van der Waals surface area contributed by atoms with Gasteiger partial charge in [-0.15, -0.1) is 0 Å². The van der Waals surface area contributed by atoms with Gasteiger partial charge in [-0.3, -0.25) is 0 Å². The lowest BCUT2D eigenvalue weighted by molar-refractivity contribution is 1.12. The van der Waals surface area contributed by atoms with E-state index in [1.807, 2.05) is 0 Å². The van der Waals surface area contributed by atoms with Gasteiger partial charge in [0, 0.05) is 18.4 Å². The molecule has 1 heteroatoms. The zero-order chi connectivity index (χ0) is 33.3. The van der Waals surface area contributed by atoms with Crippen LogP contribution in [0, 0.1) is 6.92 Å². The van der Waals surface area contributed by atoms with Gasteiger partial charge >= 0.3 is 0 Å². The second-order valence-electron chi connectivity index (χ2n) is 13.0. The number of hydrogen-bond acceptors (Lipinski definition) is 1. The van der Waals surface area contributed by atoms with Gasteiger partial charge < -0.3 is 4.90 Å². The van der Waals surface area contributed by atoms with Crippen molar-refractivity contribution in [2.45, 2.75) is 20.3 Å². The fraction of sp³-hybridized carbons (Fsp3) is 0.0833. The minimum atomic E-state index is 1.03. The fourth-order valence-corrected chi connectivity index (χ4v) is 7.18. The van der Waals surface area contributed by atoms with Crippen molar-refractivity contribution in [2.75, 3.05) is 11.9 Å². The molecule has 0 saturated carbocycles. The lowest BCUT2D eigenvalue weighted by Crippen LogP contribution is -2.09. The average Bonchev–Trinajstić information content (AvgIpc) is 3.17. The van der Waals surface area contributed by atoms with Crippen LogP contribution in [0.4, 0.5) is 11.4 Å². The zero-order valence-corrected chi connectivity index (χ0v) is 28.3. The fourth-order valence-electron chi connectivity index (χ4n) is 7.18. The van der Waals surface area contributed by atoms with Gasteiger partial charge in [0.25, 0.3) is 0 Å². The summed E-state index contributed by atoms with van der Waals surface area (Å²) < 4.78 is 0. The molecule has 1 nitrogen and oxygen atoms in total. The molecule has 0 aliphatic carbocycles. The third kappa shape index (κ3) is 5.79. The summed E-state index contributed by atoms with van der Waals surface area (Å²) >= 11 is 0. The molecular formula is C48H39N. The molecule has 0 saturated heterocycles. The third-order valence-corrected chi connectivity index (χ3v) is 9.92. The van der Waals surface area contributed by atoms with Crippen molar-refractivity contribution in [3.05, 3.63) is 181 Å². The molecule has 0 N–H and O–H groups in total. The van der Waals surface area contributed by atoms with Gasteiger partial charge in [-0.05, 0) is 121 Å². The molecular weight excluding hydrogens is 591 g/mol. The Kier molecular flexibility index (Phi) is 8.03. The zero-order valence-electron chi connectivity index (χ0n) is 28.3. The van der Waals surface area contributed by atoms with Crippen molar-refractivity contribution in [3.63, 3.8) is 0 Å². The maximum atomic E-state index is 2.40. The molecule has 0 fully saturated rings. The lowest BCUT2D eigenvalue weighted by atomic mass is 9.84. The minimum Gasteiger partial charge on any atom is -0.345 e. The predicted octanol–water partition coefficient (Wildman–Crippen LogP) is 13.3. The third-order valence-electron chi connectivity index (χ3n) is 9.92. The molecule has 0 bridgehead atoms. The summed E-state index contributed by atoms with van der Waals surface area (Å²) in [5.74, 6) is 0. The van der Waals surface area contributed by atoms with E-state index in [4.69, 9.17) is 0 Å². The van der Waals surface area contributed by atoms with Crippen molar-refractivity contribution in [3.8, 4) is 44.5 Å². The van der Waals surface area contributed by atoms with E-state index in [9.17, 15) is 0 Å². The Balaban J connectivity index is 1.33. The molecule has 0 aromatic heterocycles. The predicted molar refractivity (Wildman–Crippen MR) is 212 cm³/mol. The van der Waals surface area contributed by atoms with E-state index < -0.39 is 0 Å². The highest BCUT2D eigenvalue weighted by molar-refractivity contribution is 6.22. The highest BCUT2D eigenvalue weighted by Crippen LogP contribution is 2.46. The SMILES string of the molecule is CCc1cccc(N(C)c2ccc(-c3ccc4c(-c5ccccc5)c5cc(-c6ccc(C)cc6)ccc5c(-c5ccccc5)c4c3)cc2)c1. The van der Waals surface area contributed by atoms with Crippen molar-refractivity contribution in [1.29, 1.82) is 0 Å². The molecule has 8 aromatic carbocycles. The monoisotopic (exact) mass is 629 g/mol. The van der Waals surface area contributed by atoms with Crippen LogP contribution in [-0.4, -0.2) is 7.05 Å². The molecule has 0 aliphatic rings. The molecule has 236 valence electrons. The van der Waals surface area contributed by atoms with Crippen LogP contribution >= 0.6 is 0 Å². The lowest BCUT2D eigenvalue weighted by Gasteiger charge is -2.21. The Bertz CT molecular complexity index is 2410. The summed E-state index contributed by atoms with van der Waals surface area (Å²) in [7, 11) is 2.15. The second-order valence-corrected chi connectivity index (χ2v) is 13.0. The molecule has 0 amide bonds. The number of anilines is 2. The van der Waals surface area contributed by atoms with Gasteiger partial charge in [-0.2, -0.15) is 0 Å². The van der Waals surface area contributed by atoms with Gasteiger partial charge in [0.1, 0.15) is 0 Å². The van der Waals surface area contributed by atoms with Gasteiger partial charge in [0.2, 0.25) is 0 Å². The van der Waals surface area contributed by atoms with E-state index in [1.54, 1.807) is 0 Å². The maximum absolute atomic E-state index is 2.40. The van der Waals surface area contributed by atoms with Crippen molar-refractivity contribution in [1.82, 2.24) is 0 Å². The van der Waals surface area contributed by atoms with Crippen LogP contribution < -0.4 is 4.90 Å².